The molecule has 2 heterocycles. The van der Waals surface area contributed by atoms with Crippen LogP contribution in [0.5, 0.6) is 0 Å². The maximum absolute atomic E-state index is 13.9. The minimum atomic E-state index is -0.764. The lowest BCUT2D eigenvalue weighted by atomic mass is 10.0. The molecule has 1 N–H and O–H groups in total. The number of nitrogens with zero attached hydrogens (tertiary/aromatic N) is 2. The smallest absolute Gasteiger partial charge is 0.273 e. The van der Waals surface area contributed by atoms with Gasteiger partial charge in [-0.1, -0.05) is 0 Å². The molecule has 0 bridgehead atoms. The highest BCUT2D eigenvalue weighted by Gasteiger charge is 2.37. The van der Waals surface area contributed by atoms with E-state index in [-0.39, 0.29) is 30.1 Å². The predicted molar refractivity (Wildman–Crippen MR) is 72.9 cm³/mol. The third-order valence-corrected chi connectivity index (χ3v) is 4.09. The Morgan fingerprint density at radius 1 is 1.43 bits per heavy atom. The van der Waals surface area contributed by atoms with Gasteiger partial charge >= 0.3 is 0 Å². The summed E-state index contributed by atoms with van der Waals surface area (Å²) >= 11 is 1.27. The van der Waals surface area contributed by atoms with Crippen molar-refractivity contribution >= 4 is 17.2 Å². The number of benzene rings is 1. The molecule has 7 heteroatoms. The summed E-state index contributed by atoms with van der Waals surface area (Å²) in [5.74, 6) is -1.55. The molecule has 21 heavy (non-hydrogen) atoms. The van der Waals surface area contributed by atoms with Crippen LogP contribution in [0.25, 0.3) is 0 Å². The van der Waals surface area contributed by atoms with Crippen LogP contribution in [0.3, 0.4) is 0 Å². The van der Waals surface area contributed by atoms with E-state index in [1.165, 1.54) is 21.7 Å². The topological polar surface area (TPSA) is 53.4 Å². The van der Waals surface area contributed by atoms with Gasteiger partial charge in [0.1, 0.15) is 17.3 Å². The van der Waals surface area contributed by atoms with Crippen LogP contribution in [-0.2, 0) is 0 Å². The molecule has 110 valence electrons. The third-order valence-electron chi connectivity index (χ3n) is 3.51. The number of likely N-dealkylation sites (tertiary alicyclic amines) is 1. The van der Waals surface area contributed by atoms with Gasteiger partial charge in [0.05, 0.1) is 17.7 Å². The van der Waals surface area contributed by atoms with Crippen molar-refractivity contribution < 1.29 is 18.7 Å². The Kier molecular flexibility index (Phi) is 3.69. The highest BCUT2D eigenvalue weighted by atomic mass is 32.1. The zero-order valence-corrected chi connectivity index (χ0v) is 11.7. The molecule has 0 radical (unpaired) electrons. The van der Waals surface area contributed by atoms with E-state index in [2.05, 4.69) is 4.98 Å². The van der Waals surface area contributed by atoms with Crippen LogP contribution in [0.15, 0.2) is 29.1 Å². The highest BCUT2D eigenvalue weighted by molar-refractivity contribution is 7.07. The van der Waals surface area contributed by atoms with Gasteiger partial charge < -0.3 is 10.0 Å². The summed E-state index contributed by atoms with van der Waals surface area (Å²) in [7, 11) is 0. The first kappa shape index (κ1) is 14.1. The van der Waals surface area contributed by atoms with E-state index in [1.54, 1.807) is 5.38 Å². The first-order valence-corrected chi connectivity index (χ1v) is 7.32. The lowest BCUT2D eigenvalue weighted by molar-refractivity contribution is 0.0708. The molecule has 1 aliphatic rings. The van der Waals surface area contributed by atoms with Crippen LogP contribution in [0.1, 0.15) is 28.5 Å². The van der Waals surface area contributed by atoms with Gasteiger partial charge in [0.2, 0.25) is 0 Å². The molecule has 1 aromatic heterocycles. The number of hydrogen-bond acceptors (Lipinski definition) is 4. The number of carbonyl (C=O) groups is 1. The molecule has 0 aliphatic carbocycles. The number of carbonyl (C=O) groups excluding carboxylic acids is 1. The minimum absolute atomic E-state index is 0.0788. The summed E-state index contributed by atoms with van der Waals surface area (Å²) in [5.41, 5.74) is 1.85. The largest absolute Gasteiger partial charge is 0.391 e. The molecule has 1 fully saturated rings. The average molecular weight is 310 g/mol. The van der Waals surface area contributed by atoms with Crippen LogP contribution in [0.2, 0.25) is 0 Å². The van der Waals surface area contributed by atoms with Crippen molar-refractivity contribution in [2.24, 2.45) is 0 Å². The molecule has 1 aliphatic heterocycles. The second-order valence-corrected chi connectivity index (χ2v) is 5.62. The lowest BCUT2D eigenvalue weighted by Gasteiger charge is -2.24. The van der Waals surface area contributed by atoms with Crippen molar-refractivity contribution in [2.75, 3.05) is 6.54 Å². The molecule has 0 unspecified atom stereocenters. The Labute approximate surface area is 123 Å². The van der Waals surface area contributed by atoms with Crippen molar-refractivity contribution in [1.82, 2.24) is 9.88 Å². The van der Waals surface area contributed by atoms with Crippen molar-refractivity contribution in [1.29, 1.82) is 0 Å². The van der Waals surface area contributed by atoms with Crippen molar-refractivity contribution in [3.63, 3.8) is 0 Å². The van der Waals surface area contributed by atoms with Gasteiger partial charge in [-0.05, 0) is 24.6 Å². The summed E-state index contributed by atoms with van der Waals surface area (Å²) in [4.78, 5) is 17.7. The summed E-state index contributed by atoms with van der Waals surface area (Å²) in [6.07, 6.45) is -0.587. The quantitative estimate of drug-likeness (QED) is 0.926. The second kappa shape index (κ2) is 5.50. The molecule has 4 nitrogen and oxygen atoms in total. The Morgan fingerprint density at radius 3 is 2.95 bits per heavy atom. The number of β-amino-alcohol motifs (C(OH)–C–C–N with tert-alkyl or cyclic N) is 1. The van der Waals surface area contributed by atoms with Crippen LogP contribution >= 0.6 is 11.3 Å². The van der Waals surface area contributed by atoms with Crippen LogP contribution < -0.4 is 0 Å². The molecule has 2 aromatic rings. The molecule has 1 aromatic carbocycles. The summed E-state index contributed by atoms with van der Waals surface area (Å²) < 4.78 is 27.3. The van der Waals surface area contributed by atoms with E-state index < -0.39 is 23.8 Å². The van der Waals surface area contributed by atoms with E-state index in [0.29, 0.717) is 0 Å². The van der Waals surface area contributed by atoms with E-state index in [1.807, 2.05) is 0 Å². The minimum Gasteiger partial charge on any atom is -0.391 e. The van der Waals surface area contributed by atoms with Gasteiger partial charge in [0.15, 0.2) is 0 Å². The molecule has 2 atom stereocenters. The number of rotatable bonds is 2. The van der Waals surface area contributed by atoms with Gasteiger partial charge in [0.25, 0.3) is 5.91 Å². The molecular formula is C14H12F2N2O2S. The van der Waals surface area contributed by atoms with Gasteiger partial charge in [-0.3, -0.25) is 4.79 Å². The standard InChI is InChI=1S/C14H12F2N2O2S/c15-8-1-2-11(16)10(3-8)13-4-9(19)5-18(13)14(20)12-6-21-7-17-12/h1-3,6-7,9,13,19H,4-5H2/t9-,13-/m0/s1. The molecule has 0 saturated carbocycles. The molecule has 0 spiro atoms. The van der Waals surface area contributed by atoms with Crippen LogP contribution in [0, 0.1) is 11.6 Å². The number of thiazole rings is 1. The van der Waals surface area contributed by atoms with Crippen LogP contribution in [-0.4, -0.2) is 33.5 Å². The molecule has 3 rings (SSSR count). The summed E-state index contributed by atoms with van der Waals surface area (Å²) in [6, 6.07) is 2.43. The van der Waals surface area contributed by atoms with E-state index in [0.717, 1.165) is 18.2 Å². The molecular weight excluding hydrogens is 298 g/mol. The van der Waals surface area contributed by atoms with E-state index >= 15 is 0 Å². The van der Waals surface area contributed by atoms with Crippen LogP contribution in [0.4, 0.5) is 8.78 Å². The zero-order chi connectivity index (χ0) is 15.0. The zero-order valence-electron chi connectivity index (χ0n) is 10.9. The summed E-state index contributed by atoms with van der Waals surface area (Å²) in [5, 5.41) is 11.4. The maximum atomic E-state index is 13.9. The Bertz CT molecular complexity index is 663. The number of hydrogen-bond donors (Lipinski definition) is 1. The Hall–Kier alpha value is -1.86. The number of aromatic nitrogens is 1. The first-order chi connectivity index (χ1) is 10.1. The van der Waals surface area contributed by atoms with Crippen molar-refractivity contribution in [3.8, 4) is 0 Å². The van der Waals surface area contributed by atoms with Gasteiger partial charge in [0, 0.05) is 17.5 Å². The number of aliphatic hydroxyl groups is 1. The second-order valence-electron chi connectivity index (χ2n) is 4.90. The first-order valence-electron chi connectivity index (χ1n) is 6.38. The molecule has 1 saturated heterocycles. The number of amides is 1. The van der Waals surface area contributed by atoms with Crippen molar-refractivity contribution in [2.45, 2.75) is 18.6 Å². The maximum Gasteiger partial charge on any atom is 0.273 e. The fourth-order valence-electron chi connectivity index (χ4n) is 2.57. The Balaban J connectivity index is 1.96. The Morgan fingerprint density at radius 2 is 2.24 bits per heavy atom. The average Bonchev–Trinajstić information content (AvgIpc) is 3.10. The van der Waals surface area contributed by atoms with Crippen molar-refractivity contribution in [3.05, 3.63) is 52.0 Å². The van der Waals surface area contributed by atoms with Gasteiger partial charge in [-0.25, -0.2) is 13.8 Å². The van der Waals surface area contributed by atoms with Gasteiger partial charge in [-0.2, -0.15) is 0 Å². The molecule has 1 amide bonds. The SMILES string of the molecule is O=C(c1cscn1)N1C[C@@H](O)C[C@H]1c1cc(F)ccc1F. The van der Waals surface area contributed by atoms with E-state index in [4.69, 9.17) is 0 Å². The highest BCUT2D eigenvalue weighted by Crippen LogP contribution is 2.35. The normalized spacial score (nSPS) is 21.8. The third kappa shape index (κ3) is 2.66. The lowest BCUT2D eigenvalue weighted by Crippen LogP contribution is -2.32. The number of halogens is 2. The summed E-state index contributed by atoms with van der Waals surface area (Å²) in [6.45, 7) is 0.0803. The van der Waals surface area contributed by atoms with E-state index in [9.17, 15) is 18.7 Å². The number of aliphatic hydroxyl groups excluding tert-OH is 1. The fourth-order valence-corrected chi connectivity index (χ4v) is 3.09. The van der Waals surface area contributed by atoms with Gasteiger partial charge in [-0.15, -0.1) is 11.3 Å². The fraction of sp³-hybridized carbons (Fsp3) is 0.286. The predicted octanol–water partition coefficient (Wildman–Crippen LogP) is 2.37. The monoisotopic (exact) mass is 310 g/mol.